The van der Waals surface area contributed by atoms with Crippen LogP contribution in [0.25, 0.3) is 0 Å². The van der Waals surface area contributed by atoms with E-state index in [1.54, 1.807) is 0 Å². The maximum Gasteiger partial charge on any atom is 0.332 e. The van der Waals surface area contributed by atoms with Crippen molar-refractivity contribution >= 4 is 11.9 Å². The van der Waals surface area contributed by atoms with Gasteiger partial charge < -0.3 is 35.7 Å². The van der Waals surface area contributed by atoms with Crippen LogP contribution in [0.1, 0.15) is 33.1 Å². The molecule has 0 saturated heterocycles. The predicted octanol–water partition coefficient (Wildman–Crippen LogP) is -1.59. The van der Waals surface area contributed by atoms with Crippen LogP contribution in [0.4, 0.5) is 0 Å². The van der Waals surface area contributed by atoms with E-state index in [-0.39, 0.29) is 13.2 Å². The van der Waals surface area contributed by atoms with Crippen LogP contribution < -0.4 is 0 Å². The number of aliphatic hydroxyl groups excluding tert-OH is 5. The van der Waals surface area contributed by atoms with Gasteiger partial charge in [0.05, 0.1) is 12.7 Å². The Morgan fingerprint density at radius 1 is 0.857 bits per heavy atom. The fourth-order valence-electron chi connectivity index (χ4n) is 0.583. The lowest BCUT2D eigenvalue weighted by Gasteiger charge is -2.03. The number of hydrogen-bond acceptors (Lipinski definition) is 7. The van der Waals surface area contributed by atoms with Gasteiger partial charge in [-0.05, 0) is 33.1 Å². The van der Waals surface area contributed by atoms with E-state index in [0.717, 1.165) is 6.42 Å². The average Bonchev–Trinajstić information content (AvgIpc) is 2.39. The second kappa shape index (κ2) is 16.8. The number of carboxylic acids is 2. The first-order valence-corrected chi connectivity index (χ1v) is 6.31. The van der Waals surface area contributed by atoms with Crippen LogP contribution in [-0.2, 0) is 9.59 Å². The lowest BCUT2D eigenvalue weighted by Crippen LogP contribution is -2.13. The summed E-state index contributed by atoms with van der Waals surface area (Å²) in [5, 5.41) is 56.9. The summed E-state index contributed by atoms with van der Waals surface area (Å²) in [6.45, 7) is 2.38. The van der Waals surface area contributed by atoms with Crippen molar-refractivity contribution in [2.45, 2.75) is 51.4 Å². The molecule has 21 heavy (non-hydrogen) atoms. The molecule has 0 rings (SSSR count). The molecule has 3 atom stereocenters. The highest BCUT2D eigenvalue weighted by atomic mass is 16.4. The maximum atomic E-state index is 9.45. The molecule has 128 valence electrons. The Balaban J connectivity index is -0.000000240. The van der Waals surface area contributed by atoms with Gasteiger partial charge in [-0.15, -0.1) is 0 Å². The zero-order valence-corrected chi connectivity index (χ0v) is 12.2. The summed E-state index contributed by atoms with van der Waals surface area (Å²) < 4.78 is 0. The number of aliphatic carboxylic acids is 2. The van der Waals surface area contributed by atoms with E-state index >= 15 is 0 Å². The zero-order valence-electron chi connectivity index (χ0n) is 12.2. The van der Waals surface area contributed by atoms with E-state index in [9.17, 15) is 9.59 Å². The largest absolute Gasteiger partial charge is 0.479 e. The van der Waals surface area contributed by atoms with Gasteiger partial charge in [0.25, 0.3) is 0 Å². The Bertz CT molecular complexity index is 235. The minimum Gasteiger partial charge on any atom is -0.479 e. The standard InChI is InChI=1S/C6H14O3.2C3H6O3/c7-4-2-1-3-6(9)5-8;2*1-2(4)3(5)6/h6-9H,1-5H2;2*2,4H,1H3,(H,5,6). The van der Waals surface area contributed by atoms with Gasteiger partial charge in [-0.3, -0.25) is 0 Å². The highest BCUT2D eigenvalue weighted by molar-refractivity contribution is 5.71. The number of aliphatic hydroxyl groups is 5. The average molecular weight is 314 g/mol. The van der Waals surface area contributed by atoms with Crippen LogP contribution in [0.15, 0.2) is 0 Å². The van der Waals surface area contributed by atoms with Crippen LogP contribution in [0.3, 0.4) is 0 Å². The molecule has 0 aromatic heterocycles. The quantitative estimate of drug-likeness (QED) is 0.273. The number of hydrogen-bond donors (Lipinski definition) is 7. The zero-order chi connectivity index (χ0) is 17.4. The van der Waals surface area contributed by atoms with E-state index in [1.165, 1.54) is 13.8 Å². The van der Waals surface area contributed by atoms with E-state index in [4.69, 9.17) is 35.7 Å². The van der Waals surface area contributed by atoms with Crippen LogP contribution in [0.2, 0.25) is 0 Å². The lowest BCUT2D eigenvalue weighted by molar-refractivity contribution is -0.146. The molecule has 0 aliphatic carbocycles. The normalized spacial score (nSPS) is 13.7. The molecule has 0 amide bonds. The minimum atomic E-state index is -1.23. The van der Waals surface area contributed by atoms with Gasteiger partial charge in [-0.1, -0.05) is 0 Å². The van der Waals surface area contributed by atoms with Crippen molar-refractivity contribution in [1.29, 1.82) is 0 Å². The van der Waals surface area contributed by atoms with E-state index in [0.29, 0.717) is 12.8 Å². The molecule has 0 aliphatic heterocycles. The van der Waals surface area contributed by atoms with Crippen LogP contribution >= 0.6 is 0 Å². The Morgan fingerprint density at radius 3 is 1.38 bits per heavy atom. The first-order valence-electron chi connectivity index (χ1n) is 6.31. The monoisotopic (exact) mass is 314 g/mol. The molecule has 0 fully saturated rings. The summed E-state index contributed by atoms with van der Waals surface area (Å²) >= 11 is 0. The highest BCUT2D eigenvalue weighted by Crippen LogP contribution is 1.98. The van der Waals surface area contributed by atoms with Gasteiger partial charge in [0.2, 0.25) is 0 Å². The number of unbranched alkanes of at least 4 members (excludes halogenated alkanes) is 1. The summed E-state index contributed by atoms with van der Waals surface area (Å²) in [5.74, 6) is -2.37. The summed E-state index contributed by atoms with van der Waals surface area (Å²) in [6.07, 6.45) is -1.00. The van der Waals surface area contributed by atoms with Crippen LogP contribution in [0, 0.1) is 0 Å². The van der Waals surface area contributed by atoms with Crippen LogP contribution in [-0.4, -0.2) is 79.2 Å². The van der Waals surface area contributed by atoms with E-state index in [1.807, 2.05) is 0 Å². The van der Waals surface area contributed by atoms with Crippen molar-refractivity contribution in [1.82, 2.24) is 0 Å². The van der Waals surface area contributed by atoms with E-state index in [2.05, 4.69) is 0 Å². The molecule has 0 saturated carbocycles. The summed E-state index contributed by atoms with van der Waals surface area (Å²) in [7, 11) is 0. The van der Waals surface area contributed by atoms with Gasteiger partial charge in [0.15, 0.2) is 0 Å². The van der Waals surface area contributed by atoms with Crippen molar-refractivity contribution in [3.05, 3.63) is 0 Å². The molecule has 7 N–H and O–H groups in total. The topological polar surface area (TPSA) is 176 Å². The lowest BCUT2D eigenvalue weighted by atomic mass is 10.2. The molecule has 0 aliphatic rings. The van der Waals surface area contributed by atoms with Crippen molar-refractivity contribution in [2.75, 3.05) is 13.2 Å². The summed E-state index contributed by atoms with van der Waals surface area (Å²) in [4.78, 5) is 18.9. The third kappa shape index (κ3) is 27.8. The summed E-state index contributed by atoms with van der Waals surface area (Å²) in [5.41, 5.74) is 0. The predicted molar refractivity (Wildman–Crippen MR) is 72.7 cm³/mol. The van der Waals surface area contributed by atoms with Crippen molar-refractivity contribution in [3.63, 3.8) is 0 Å². The fourth-order valence-corrected chi connectivity index (χ4v) is 0.583. The first kappa shape index (κ1) is 24.7. The Hall–Kier alpha value is -1.26. The SMILES string of the molecule is CC(O)C(=O)O.CC(O)C(=O)O.OCCCCC(O)CO. The fraction of sp³-hybridized carbons (Fsp3) is 0.833. The van der Waals surface area contributed by atoms with Crippen LogP contribution in [0.5, 0.6) is 0 Å². The van der Waals surface area contributed by atoms with Gasteiger partial charge in [-0.2, -0.15) is 0 Å². The molecule has 9 nitrogen and oxygen atoms in total. The van der Waals surface area contributed by atoms with Gasteiger partial charge in [0, 0.05) is 6.61 Å². The summed E-state index contributed by atoms with van der Waals surface area (Å²) in [6, 6.07) is 0. The first-order chi connectivity index (χ1) is 9.59. The number of rotatable bonds is 7. The molecule has 3 unspecified atom stereocenters. The number of carboxylic acid groups (broad SMARTS) is 2. The third-order valence-corrected chi connectivity index (χ3v) is 1.87. The molecular formula is C12H26O9. The molecule has 0 spiro atoms. The molecule has 9 heteroatoms. The Labute approximate surface area is 123 Å². The molecular weight excluding hydrogens is 288 g/mol. The molecule has 0 bridgehead atoms. The highest BCUT2D eigenvalue weighted by Gasteiger charge is 2.02. The molecule has 0 aromatic rings. The molecule has 0 aromatic carbocycles. The Kier molecular flexibility index (Phi) is 19.8. The Morgan fingerprint density at radius 2 is 1.19 bits per heavy atom. The second-order valence-corrected chi connectivity index (χ2v) is 4.08. The minimum absolute atomic E-state index is 0.165. The van der Waals surface area contributed by atoms with Crippen molar-refractivity contribution in [2.24, 2.45) is 0 Å². The van der Waals surface area contributed by atoms with Crippen molar-refractivity contribution in [3.8, 4) is 0 Å². The van der Waals surface area contributed by atoms with Gasteiger partial charge >= 0.3 is 11.9 Å². The smallest absolute Gasteiger partial charge is 0.332 e. The maximum absolute atomic E-state index is 9.45. The molecule has 0 radical (unpaired) electrons. The number of carbonyl (C=O) groups is 2. The van der Waals surface area contributed by atoms with E-state index < -0.39 is 30.3 Å². The van der Waals surface area contributed by atoms with Crippen molar-refractivity contribution < 1.29 is 45.3 Å². The second-order valence-electron chi connectivity index (χ2n) is 4.08. The van der Waals surface area contributed by atoms with Gasteiger partial charge in [0.1, 0.15) is 12.2 Å². The molecule has 0 heterocycles. The third-order valence-electron chi connectivity index (χ3n) is 1.87. The van der Waals surface area contributed by atoms with Gasteiger partial charge in [-0.25, -0.2) is 9.59 Å².